The second kappa shape index (κ2) is 3.48. The van der Waals surface area contributed by atoms with Crippen LogP contribution in [0.4, 0.5) is 0 Å². The number of hydrogen-bond acceptors (Lipinski definition) is 0. The zero-order chi connectivity index (χ0) is 6.53. The van der Waals surface area contributed by atoms with E-state index in [-0.39, 0.29) is 0 Å². The molecule has 0 nitrogen and oxygen atoms in total. The van der Waals surface area contributed by atoms with Crippen molar-refractivity contribution in [2.24, 2.45) is 0 Å². The van der Waals surface area contributed by atoms with Gasteiger partial charge in [-0.1, -0.05) is 0 Å². The summed E-state index contributed by atoms with van der Waals surface area (Å²) in [6.45, 7) is 0. The quantitative estimate of drug-likeness (QED) is 0.593. The maximum atomic E-state index is 4.00. The van der Waals surface area contributed by atoms with Gasteiger partial charge in [0.25, 0.3) is 0 Å². The molecule has 0 heterocycles. The Bertz CT molecular complexity index is 189. The predicted octanol–water partition coefficient (Wildman–Crippen LogP) is 2.20. The second-order valence-corrected chi connectivity index (χ2v) is 2.04. The molecule has 0 atom stereocenters. The first-order chi connectivity index (χ1) is 4.43. The van der Waals surface area contributed by atoms with Gasteiger partial charge in [0.15, 0.2) is 0 Å². The van der Waals surface area contributed by atoms with E-state index in [0.717, 1.165) is 0 Å². The van der Waals surface area contributed by atoms with Crippen molar-refractivity contribution in [3.05, 3.63) is 40.9 Å². The van der Waals surface area contributed by atoms with Gasteiger partial charge < -0.3 is 0 Å². The summed E-state index contributed by atoms with van der Waals surface area (Å²) < 4.78 is 0. The van der Waals surface area contributed by atoms with Gasteiger partial charge in [-0.2, -0.15) is 0 Å². The summed E-state index contributed by atoms with van der Waals surface area (Å²) in [5.74, 6) is 0. The Hall–Kier alpha value is -0.534. The molecule has 0 spiro atoms. The zero-order valence-corrected chi connectivity index (χ0v) is 5.92. The molecule has 0 aliphatic rings. The van der Waals surface area contributed by atoms with Gasteiger partial charge in [0.05, 0.1) is 0 Å². The van der Waals surface area contributed by atoms with Crippen LogP contribution in [-0.4, -0.2) is 0 Å². The average Bonchev–Trinajstić information content (AvgIpc) is 1.91. The Morgan fingerprint density at radius 2 is 1.78 bits per heavy atom. The second-order valence-electron chi connectivity index (χ2n) is 1.69. The molecule has 0 bridgehead atoms. The Morgan fingerprint density at radius 1 is 1.11 bits per heavy atom. The van der Waals surface area contributed by atoms with Gasteiger partial charge in [-0.3, -0.25) is 0 Å². The van der Waals surface area contributed by atoms with Crippen LogP contribution in [0.1, 0.15) is 5.56 Å². The average molecular weight is 162 g/mol. The van der Waals surface area contributed by atoms with Crippen LogP contribution in [0.15, 0.2) is 35.3 Å². The van der Waals surface area contributed by atoms with Gasteiger partial charge in [-0.25, -0.2) is 0 Å². The van der Waals surface area contributed by atoms with E-state index in [4.69, 9.17) is 0 Å². The fourth-order valence-corrected chi connectivity index (χ4v) is 0.829. The van der Waals surface area contributed by atoms with E-state index >= 15 is 0 Å². The van der Waals surface area contributed by atoms with Gasteiger partial charge in [-0.15, -0.1) is 0 Å². The van der Waals surface area contributed by atoms with Crippen molar-refractivity contribution in [2.75, 3.05) is 0 Å². The van der Waals surface area contributed by atoms with E-state index in [1.165, 1.54) is 5.56 Å². The molecule has 0 unspecified atom stereocenters. The van der Waals surface area contributed by atoms with Crippen LogP contribution < -0.4 is 0 Å². The van der Waals surface area contributed by atoms with Gasteiger partial charge in [-0.05, 0) is 0 Å². The fraction of sp³-hybridized carbons (Fsp3) is 0. The van der Waals surface area contributed by atoms with Crippen LogP contribution in [0.2, 0.25) is 0 Å². The molecule has 0 aliphatic heterocycles. The van der Waals surface area contributed by atoms with Crippen LogP contribution in [0.25, 0.3) is 6.08 Å². The molecule has 0 N–H and O–H groups in total. The van der Waals surface area contributed by atoms with E-state index in [9.17, 15) is 0 Å². The van der Waals surface area contributed by atoms with Crippen LogP contribution in [0, 0.1) is 0 Å². The Kier molecular flexibility index (Phi) is 2.55. The van der Waals surface area contributed by atoms with Crippen LogP contribution in [-0.2, 0) is 15.7 Å². The standard InChI is InChI=1S/C8H7.Co/c1-2-8-6-4-3-5-7-8;/h1-7H;. The van der Waals surface area contributed by atoms with Crippen molar-refractivity contribution in [3.8, 4) is 0 Å². The monoisotopic (exact) mass is 162 g/mol. The third kappa shape index (κ3) is 2.04. The first-order valence-electron chi connectivity index (χ1n) is 2.73. The van der Waals surface area contributed by atoms with Gasteiger partial charge in [0.1, 0.15) is 0 Å². The molecule has 1 heteroatoms. The molecule has 48 valence electrons. The molecule has 1 aromatic rings. The van der Waals surface area contributed by atoms with Crippen molar-refractivity contribution in [1.82, 2.24) is 0 Å². The minimum absolute atomic E-state index is 1.19. The molecular weight excluding hydrogens is 155 g/mol. The summed E-state index contributed by atoms with van der Waals surface area (Å²) in [4.78, 5) is 0. The third-order valence-corrected chi connectivity index (χ3v) is 1.22. The van der Waals surface area contributed by atoms with Gasteiger partial charge >= 0.3 is 62.7 Å². The summed E-state index contributed by atoms with van der Waals surface area (Å²) >= 11 is 4.00. The van der Waals surface area contributed by atoms with Gasteiger partial charge in [0, 0.05) is 0 Å². The van der Waals surface area contributed by atoms with Crippen molar-refractivity contribution >= 4 is 6.08 Å². The van der Waals surface area contributed by atoms with E-state index < -0.39 is 0 Å². The van der Waals surface area contributed by atoms with Crippen LogP contribution in [0.5, 0.6) is 0 Å². The molecule has 1 rings (SSSR count). The summed E-state index contributed by atoms with van der Waals surface area (Å²) in [5, 5.41) is 1.72. The first kappa shape index (κ1) is 6.58. The zero-order valence-electron chi connectivity index (χ0n) is 4.87. The summed E-state index contributed by atoms with van der Waals surface area (Å²) in [7, 11) is 0. The third-order valence-electron chi connectivity index (χ3n) is 1.05. The van der Waals surface area contributed by atoms with Crippen molar-refractivity contribution < 1.29 is 15.7 Å². The summed E-state index contributed by atoms with van der Waals surface area (Å²) in [6, 6.07) is 10.1. The van der Waals surface area contributed by atoms with Crippen LogP contribution in [0.3, 0.4) is 0 Å². The normalized spacial score (nSPS) is 10.4. The first-order valence-corrected chi connectivity index (χ1v) is 3.33. The van der Waals surface area contributed by atoms with Crippen LogP contribution >= 0.6 is 0 Å². The summed E-state index contributed by atoms with van der Waals surface area (Å²) in [6.07, 6.45) is 1.94. The summed E-state index contributed by atoms with van der Waals surface area (Å²) in [5.41, 5.74) is 1.19. The van der Waals surface area contributed by atoms with E-state index in [1.54, 1.807) is 5.01 Å². The Morgan fingerprint density at radius 3 is 2.33 bits per heavy atom. The number of hydrogen-bond donors (Lipinski definition) is 0. The fourth-order valence-electron chi connectivity index (χ4n) is 0.628. The van der Waals surface area contributed by atoms with Crippen molar-refractivity contribution in [1.29, 1.82) is 0 Å². The van der Waals surface area contributed by atoms with E-state index in [2.05, 4.69) is 15.7 Å². The maximum absolute atomic E-state index is 4.00. The topological polar surface area (TPSA) is 0 Å². The molecule has 0 saturated carbocycles. The molecule has 1 aromatic carbocycles. The molecule has 0 aromatic heterocycles. The van der Waals surface area contributed by atoms with Crippen molar-refractivity contribution in [2.45, 2.75) is 0 Å². The molecule has 0 aliphatic carbocycles. The van der Waals surface area contributed by atoms with Gasteiger partial charge in [0.2, 0.25) is 0 Å². The van der Waals surface area contributed by atoms with E-state index in [0.29, 0.717) is 0 Å². The number of rotatable bonds is 1. The Balaban J connectivity index is 2.85. The van der Waals surface area contributed by atoms with Crippen molar-refractivity contribution in [3.63, 3.8) is 0 Å². The molecule has 0 radical (unpaired) electrons. The van der Waals surface area contributed by atoms with E-state index in [1.807, 2.05) is 36.4 Å². The number of benzene rings is 1. The molecular formula is C8H7Co. The molecule has 0 amide bonds. The molecule has 0 fully saturated rings. The SMILES string of the molecule is [Co][CH]=Cc1ccccc1. The Labute approximate surface area is 63.2 Å². The minimum atomic E-state index is 1.19. The predicted molar refractivity (Wildman–Crippen MR) is 35.5 cm³/mol. The molecule has 0 saturated heterocycles. The molecule has 9 heavy (non-hydrogen) atoms.